The summed E-state index contributed by atoms with van der Waals surface area (Å²) >= 11 is 1.74. The van der Waals surface area contributed by atoms with Gasteiger partial charge in [-0.15, -0.1) is 11.3 Å². The van der Waals surface area contributed by atoms with Crippen LogP contribution in [0.2, 0.25) is 0 Å². The standard InChI is InChI=1S/C11H17NOS/c1-8(10(3)13)12(4)9(2)11-6-5-7-14-11/h5-9H,1-4H3. The molecule has 3 heteroatoms. The maximum Gasteiger partial charge on any atom is 0.146 e. The fourth-order valence-electron chi connectivity index (χ4n) is 1.35. The van der Waals surface area contributed by atoms with Gasteiger partial charge < -0.3 is 0 Å². The minimum atomic E-state index is -0.00731. The molecule has 2 unspecified atom stereocenters. The zero-order valence-electron chi connectivity index (χ0n) is 9.15. The van der Waals surface area contributed by atoms with Gasteiger partial charge in [0.15, 0.2) is 0 Å². The molecule has 0 spiro atoms. The van der Waals surface area contributed by atoms with Gasteiger partial charge in [-0.25, -0.2) is 0 Å². The van der Waals surface area contributed by atoms with Gasteiger partial charge in [0.25, 0.3) is 0 Å². The number of Topliss-reactive ketones (excluding diaryl/α,β-unsaturated/α-hetero) is 1. The van der Waals surface area contributed by atoms with Crippen LogP contribution in [-0.2, 0) is 4.79 Å². The molecule has 0 fully saturated rings. The highest BCUT2D eigenvalue weighted by molar-refractivity contribution is 7.10. The van der Waals surface area contributed by atoms with Crippen LogP contribution in [0.25, 0.3) is 0 Å². The fourth-order valence-corrected chi connectivity index (χ4v) is 2.19. The Hall–Kier alpha value is -0.670. The summed E-state index contributed by atoms with van der Waals surface area (Å²) in [6, 6.07) is 4.46. The van der Waals surface area contributed by atoms with Gasteiger partial charge in [-0.2, -0.15) is 0 Å². The monoisotopic (exact) mass is 211 g/mol. The van der Waals surface area contributed by atoms with E-state index in [9.17, 15) is 4.79 Å². The van der Waals surface area contributed by atoms with Crippen LogP contribution in [0.1, 0.15) is 31.7 Å². The van der Waals surface area contributed by atoms with E-state index in [1.807, 2.05) is 20.0 Å². The normalized spacial score (nSPS) is 15.5. The minimum Gasteiger partial charge on any atom is -0.298 e. The maximum atomic E-state index is 11.2. The zero-order chi connectivity index (χ0) is 10.7. The van der Waals surface area contributed by atoms with Crippen LogP contribution in [0.4, 0.5) is 0 Å². The summed E-state index contributed by atoms with van der Waals surface area (Å²) in [6.45, 7) is 5.72. The van der Waals surface area contributed by atoms with Crippen LogP contribution in [0, 0.1) is 0 Å². The van der Waals surface area contributed by atoms with Crippen LogP contribution < -0.4 is 0 Å². The van der Waals surface area contributed by atoms with Crippen molar-refractivity contribution in [3.8, 4) is 0 Å². The molecule has 1 rings (SSSR count). The molecule has 0 amide bonds. The maximum absolute atomic E-state index is 11.2. The van der Waals surface area contributed by atoms with Gasteiger partial charge in [0.05, 0.1) is 6.04 Å². The predicted octanol–water partition coefficient (Wildman–Crippen LogP) is 2.72. The van der Waals surface area contributed by atoms with Crippen LogP contribution in [-0.4, -0.2) is 23.8 Å². The van der Waals surface area contributed by atoms with Crippen LogP contribution in [0.5, 0.6) is 0 Å². The number of carbonyl (C=O) groups is 1. The van der Waals surface area contributed by atoms with Crippen molar-refractivity contribution in [2.24, 2.45) is 0 Å². The lowest BCUT2D eigenvalue weighted by atomic mass is 10.1. The summed E-state index contributed by atoms with van der Waals surface area (Å²) in [4.78, 5) is 14.6. The first-order chi connectivity index (χ1) is 6.54. The quantitative estimate of drug-likeness (QED) is 0.763. The molecular weight excluding hydrogens is 194 g/mol. The molecule has 1 aromatic rings. The molecule has 0 N–H and O–H groups in total. The van der Waals surface area contributed by atoms with Crippen molar-refractivity contribution in [2.45, 2.75) is 32.9 Å². The summed E-state index contributed by atoms with van der Waals surface area (Å²) in [6.07, 6.45) is 0. The highest BCUT2D eigenvalue weighted by Crippen LogP contribution is 2.24. The molecule has 1 heterocycles. The smallest absolute Gasteiger partial charge is 0.146 e. The third-order valence-corrected chi connectivity index (χ3v) is 3.81. The number of hydrogen-bond donors (Lipinski definition) is 0. The molecule has 0 saturated carbocycles. The average Bonchev–Trinajstić information content (AvgIpc) is 2.67. The van der Waals surface area contributed by atoms with E-state index in [1.165, 1.54) is 4.88 Å². The summed E-state index contributed by atoms with van der Waals surface area (Å²) in [5.41, 5.74) is 0. The molecule has 0 aliphatic carbocycles. The molecule has 78 valence electrons. The lowest BCUT2D eigenvalue weighted by Gasteiger charge is -2.28. The van der Waals surface area contributed by atoms with Gasteiger partial charge in [0.1, 0.15) is 5.78 Å². The first-order valence-corrected chi connectivity index (χ1v) is 5.67. The number of likely N-dealkylation sites (N-methyl/N-ethyl adjacent to an activating group) is 1. The van der Waals surface area contributed by atoms with Crippen molar-refractivity contribution >= 4 is 17.1 Å². The van der Waals surface area contributed by atoms with Crippen LogP contribution in [0.3, 0.4) is 0 Å². The molecule has 2 nitrogen and oxygen atoms in total. The van der Waals surface area contributed by atoms with Crippen LogP contribution in [0.15, 0.2) is 17.5 Å². The second-order valence-corrected chi connectivity index (χ2v) is 4.62. The number of thiophene rings is 1. The Morgan fingerprint density at radius 2 is 2.14 bits per heavy atom. The predicted molar refractivity (Wildman–Crippen MR) is 60.6 cm³/mol. The van der Waals surface area contributed by atoms with Gasteiger partial charge in [-0.3, -0.25) is 9.69 Å². The van der Waals surface area contributed by atoms with Crippen molar-refractivity contribution in [3.63, 3.8) is 0 Å². The molecule has 14 heavy (non-hydrogen) atoms. The van der Waals surface area contributed by atoms with Crippen molar-refractivity contribution in [3.05, 3.63) is 22.4 Å². The number of nitrogens with zero attached hydrogens (tertiary/aromatic N) is 1. The first-order valence-electron chi connectivity index (χ1n) is 4.79. The fraction of sp³-hybridized carbons (Fsp3) is 0.545. The SMILES string of the molecule is CC(=O)C(C)N(C)C(C)c1cccs1. The molecule has 0 aliphatic heterocycles. The van der Waals surface area contributed by atoms with Gasteiger partial charge in [-0.05, 0) is 39.3 Å². The third kappa shape index (κ3) is 2.42. The van der Waals surface area contributed by atoms with Gasteiger partial charge in [-0.1, -0.05) is 6.07 Å². The summed E-state index contributed by atoms with van der Waals surface area (Å²) in [7, 11) is 2.00. The lowest BCUT2D eigenvalue weighted by Crippen LogP contribution is -2.36. The molecule has 1 aromatic heterocycles. The molecule has 0 bridgehead atoms. The Bertz CT molecular complexity index is 294. The largest absolute Gasteiger partial charge is 0.298 e. The molecule has 0 saturated heterocycles. The highest BCUT2D eigenvalue weighted by atomic mass is 32.1. The minimum absolute atomic E-state index is 0.00731. The highest BCUT2D eigenvalue weighted by Gasteiger charge is 2.20. The first kappa shape index (κ1) is 11.4. The number of rotatable bonds is 4. The average molecular weight is 211 g/mol. The van der Waals surface area contributed by atoms with E-state index in [-0.39, 0.29) is 11.8 Å². The molecule has 0 radical (unpaired) electrons. The Kier molecular flexibility index (Phi) is 3.84. The third-order valence-electron chi connectivity index (χ3n) is 2.77. The molecule has 0 aromatic carbocycles. The second-order valence-electron chi connectivity index (χ2n) is 3.64. The molecular formula is C11H17NOS. The van der Waals surface area contributed by atoms with Crippen molar-refractivity contribution < 1.29 is 4.79 Å². The van der Waals surface area contributed by atoms with E-state index in [2.05, 4.69) is 23.3 Å². The van der Waals surface area contributed by atoms with Gasteiger partial charge in [0.2, 0.25) is 0 Å². The summed E-state index contributed by atoms with van der Waals surface area (Å²) < 4.78 is 0. The molecule has 2 atom stereocenters. The summed E-state index contributed by atoms with van der Waals surface area (Å²) in [5.74, 6) is 0.218. The van der Waals surface area contributed by atoms with Crippen LogP contribution >= 0.6 is 11.3 Å². The lowest BCUT2D eigenvalue weighted by molar-refractivity contribution is -0.121. The number of ketones is 1. The van der Waals surface area contributed by atoms with E-state index in [0.29, 0.717) is 6.04 Å². The van der Waals surface area contributed by atoms with E-state index in [4.69, 9.17) is 0 Å². The van der Waals surface area contributed by atoms with E-state index < -0.39 is 0 Å². The Morgan fingerprint density at radius 1 is 1.50 bits per heavy atom. The van der Waals surface area contributed by atoms with Gasteiger partial charge in [0, 0.05) is 10.9 Å². The van der Waals surface area contributed by atoms with E-state index in [1.54, 1.807) is 18.3 Å². The number of carbonyl (C=O) groups excluding carboxylic acids is 1. The zero-order valence-corrected chi connectivity index (χ0v) is 9.97. The topological polar surface area (TPSA) is 20.3 Å². The van der Waals surface area contributed by atoms with Crippen molar-refractivity contribution in [2.75, 3.05) is 7.05 Å². The Balaban J connectivity index is 2.70. The van der Waals surface area contributed by atoms with E-state index >= 15 is 0 Å². The molecule has 0 aliphatic rings. The van der Waals surface area contributed by atoms with Gasteiger partial charge >= 0.3 is 0 Å². The van der Waals surface area contributed by atoms with Crippen molar-refractivity contribution in [1.29, 1.82) is 0 Å². The van der Waals surface area contributed by atoms with Crippen molar-refractivity contribution in [1.82, 2.24) is 4.90 Å². The second kappa shape index (κ2) is 4.71. The summed E-state index contributed by atoms with van der Waals surface area (Å²) in [5, 5.41) is 2.07. The Labute approximate surface area is 89.5 Å². The number of hydrogen-bond acceptors (Lipinski definition) is 3. The Morgan fingerprint density at radius 3 is 2.57 bits per heavy atom. The van der Waals surface area contributed by atoms with E-state index in [0.717, 1.165) is 0 Å².